The molecule has 0 N–H and O–H groups in total. The molecule has 0 radical (unpaired) electrons. The van der Waals surface area contributed by atoms with Gasteiger partial charge in [0, 0.05) is 24.1 Å². The number of rotatable bonds is 2. The molecule has 1 aromatic rings. The molecule has 1 rings (SSSR count). The monoisotopic (exact) mass is 170 g/mol. The molecule has 3 heteroatoms. The number of hydrogen-bond acceptors (Lipinski definition) is 2. The predicted octanol–water partition coefficient (Wildman–Crippen LogP) is 1.90. The lowest BCUT2D eigenvalue weighted by atomic mass is 10.2. The maximum atomic E-state index is 4.33. The summed E-state index contributed by atoms with van der Waals surface area (Å²) in [6.07, 6.45) is 2.12. The molecule has 0 aromatic carbocycles. The summed E-state index contributed by atoms with van der Waals surface area (Å²) in [4.78, 5) is 0. The van der Waals surface area contributed by atoms with E-state index in [1.54, 1.807) is 0 Å². The molecule has 0 aliphatic carbocycles. The van der Waals surface area contributed by atoms with Crippen LogP contribution in [-0.4, -0.2) is 16.0 Å². The fourth-order valence-corrected chi connectivity index (χ4v) is 1.88. The average molecular weight is 170 g/mol. The van der Waals surface area contributed by atoms with Crippen LogP contribution in [0.1, 0.15) is 17.0 Å². The Hall–Kier alpha value is -0.440. The van der Waals surface area contributed by atoms with Crippen LogP contribution in [0.3, 0.4) is 0 Å². The third kappa shape index (κ3) is 1.59. The summed E-state index contributed by atoms with van der Waals surface area (Å²) in [6.45, 7) is 4.18. The quantitative estimate of drug-likeness (QED) is 0.674. The van der Waals surface area contributed by atoms with Gasteiger partial charge in [-0.05, 0) is 20.1 Å². The van der Waals surface area contributed by atoms with E-state index in [4.69, 9.17) is 0 Å². The van der Waals surface area contributed by atoms with Gasteiger partial charge in [0.1, 0.15) is 0 Å². The van der Waals surface area contributed by atoms with Crippen molar-refractivity contribution in [3.63, 3.8) is 0 Å². The number of aromatic nitrogens is 2. The molecule has 0 spiro atoms. The molecule has 0 aliphatic rings. The van der Waals surface area contributed by atoms with Gasteiger partial charge in [-0.25, -0.2) is 0 Å². The van der Waals surface area contributed by atoms with E-state index < -0.39 is 0 Å². The van der Waals surface area contributed by atoms with Crippen LogP contribution in [0.25, 0.3) is 0 Å². The smallest absolute Gasteiger partial charge is 0.0636 e. The van der Waals surface area contributed by atoms with E-state index in [0.29, 0.717) is 0 Å². The van der Waals surface area contributed by atoms with Crippen molar-refractivity contribution in [1.82, 2.24) is 9.78 Å². The van der Waals surface area contributed by atoms with Crippen molar-refractivity contribution < 1.29 is 0 Å². The Morgan fingerprint density at radius 1 is 1.45 bits per heavy atom. The number of hydrogen-bond donors (Lipinski definition) is 0. The van der Waals surface area contributed by atoms with Crippen LogP contribution in [0.4, 0.5) is 0 Å². The topological polar surface area (TPSA) is 17.8 Å². The van der Waals surface area contributed by atoms with Crippen molar-refractivity contribution >= 4 is 11.8 Å². The van der Waals surface area contributed by atoms with E-state index in [2.05, 4.69) is 25.2 Å². The van der Waals surface area contributed by atoms with E-state index in [-0.39, 0.29) is 0 Å². The summed E-state index contributed by atoms with van der Waals surface area (Å²) < 4.78 is 1.95. The molecule has 0 unspecified atom stereocenters. The molecule has 62 valence electrons. The molecule has 1 heterocycles. The summed E-state index contributed by atoms with van der Waals surface area (Å²) in [5.41, 5.74) is 3.84. The number of aryl methyl sites for hydroxylation is 2. The second kappa shape index (κ2) is 3.30. The molecule has 0 saturated heterocycles. The maximum Gasteiger partial charge on any atom is 0.0636 e. The highest BCUT2D eigenvalue weighted by molar-refractivity contribution is 7.97. The second-order valence-corrected chi connectivity index (χ2v) is 3.57. The van der Waals surface area contributed by atoms with Crippen molar-refractivity contribution in [2.45, 2.75) is 19.6 Å². The van der Waals surface area contributed by atoms with Gasteiger partial charge in [0.25, 0.3) is 0 Å². The van der Waals surface area contributed by atoms with Gasteiger partial charge in [0.2, 0.25) is 0 Å². The van der Waals surface area contributed by atoms with Crippen LogP contribution in [0.2, 0.25) is 0 Å². The van der Waals surface area contributed by atoms with E-state index in [0.717, 1.165) is 5.75 Å². The van der Waals surface area contributed by atoms with Crippen LogP contribution in [0, 0.1) is 13.8 Å². The van der Waals surface area contributed by atoms with Gasteiger partial charge in [-0.15, -0.1) is 0 Å². The first-order valence-electron chi connectivity index (χ1n) is 3.64. The van der Waals surface area contributed by atoms with Gasteiger partial charge in [0.15, 0.2) is 0 Å². The maximum absolute atomic E-state index is 4.33. The highest BCUT2D eigenvalue weighted by Crippen LogP contribution is 2.16. The van der Waals surface area contributed by atoms with Crippen molar-refractivity contribution in [2.75, 3.05) is 6.26 Å². The van der Waals surface area contributed by atoms with Gasteiger partial charge in [-0.3, -0.25) is 4.68 Å². The third-order valence-electron chi connectivity index (χ3n) is 1.95. The summed E-state index contributed by atoms with van der Waals surface area (Å²) in [6, 6.07) is 0. The Bertz CT molecular complexity index is 253. The predicted molar refractivity (Wildman–Crippen MR) is 49.9 cm³/mol. The molecule has 1 aromatic heterocycles. The summed E-state index contributed by atoms with van der Waals surface area (Å²) >= 11 is 1.84. The van der Waals surface area contributed by atoms with Crippen molar-refractivity contribution in [3.05, 3.63) is 17.0 Å². The van der Waals surface area contributed by atoms with Crippen molar-refractivity contribution in [3.8, 4) is 0 Å². The SMILES string of the molecule is CSCc1c(C)nn(C)c1C. The highest BCUT2D eigenvalue weighted by Gasteiger charge is 2.06. The third-order valence-corrected chi connectivity index (χ3v) is 2.52. The van der Waals surface area contributed by atoms with Gasteiger partial charge >= 0.3 is 0 Å². The molecule has 0 amide bonds. The van der Waals surface area contributed by atoms with Crippen LogP contribution in [0.5, 0.6) is 0 Å². The molecular weight excluding hydrogens is 156 g/mol. The lowest BCUT2D eigenvalue weighted by molar-refractivity contribution is 0.730. The standard InChI is InChI=1S/C8H14N2S/c1-6-8(5-11-4)7(2)10(3)9-6/h5H2,1-4H3. The van der Waals surface area contributed by atoms with E-state index in [9.17, 15) is 0 Å². The molecule has 0 bridgehead atoms. The normalized spacial score (nSPS) is 10.5. The fraction of sp³-hybridized carbons (Fsp3) is 0.625. The van der Waals surface area contributed by atoms with Crippen LogP contribution in [-0.2, 0) is 12.8 Å². The van der Waals surface area contributed by atoms with Gasteiger partial charge in [-0.2, -0.15) is 16.9 Å². The minimum atomic E-state index is 1.07. The van der Waals surface area contributed by atoms with E-state index in [1.165, 1.54) is 17.0 Å². The Labute approximate surface area is 72.0 Å². The molecule has 0 atom stereocenters. The average Bonchev–Trinajstić information content (AvgIpc) is 2.17. The summed E-state index contributed by atoms with van der Waals surface area (Å²) in [7, 11) is 1.99. The molecule has 0 fully saturated rings. The van der Waals surface area contributed by atoms with E-state index >= 15 is 0 Å². The van der Waals surface area contributed by atoms with Crippen LogP contribution in [0.15, 0.2) is 0 Å². The van der Waals surface area contributed by atoms with Gasteiger partial charge in [0.05, 0.1) is 5.69 Å². The molecule has 0 saturated carbocycles. The first kappa shape index (κ1) is 8.65. The lowest BCUT2D eigenvalue weighted by Gasteiger charge is -1.97. The molecule has 11 heavy (non-hydrogen) atoms. The van der Waals surface area contributed by atoms with E-state index in [1.807, 2.05) is 23.5 Å². The Balaban J connectivity index is 3.02. The first-order valence-corrected chi connectivity index (χ1v) is 5.04. The zero-order valence-electron chi connectivity index (χ0n) is 7.51. The van der Waals surface area contributed by atoms with Gasteiger partial charge < -0.3 is 0 Å². The number of thioether (sulfide) groups is 1. The first-order chi connectivity index (χ1) is 5.16. The molecule has 0 aliphatic heterocycles. The van der Waals surface area contributed by atoms with Crippen molar-refractivity contribution in [2.24, 2.45) is 7.05 Å². The minimum absolute atomic E-state index is 1.07. The Morgan fingerprint density at radius 2 is 2.09 bits per heavy atom. The highest BCUT2D eigenvalue weighted by atomic mass is 32.2. The van der Waals surface area contributed by atoms with Crippen LogP contribution >= 0.6 is 11.8 Å². The Morgan fingerprint density at radius 3 is 2.45 bits per heavy atom. The van der Waals surface area contributed by atoms with Crippen LogP contribution < -0.4 is 0 Å². The second-order valence-electron chi connectivity index (χ2n) is 2.71. The largest absolute Gasteiger partial charge is 0.272 e. The Kier molecular flexibility index (Phi) is 2.60. The minimum Gasteiger partial charge on any atom is -0.272 e. The number of nitrogens with zero attached hydrogens (tertiary/aromatic N) is 2. The lowest BCUT2D eigenvalue weighted by Crippen LogP contribution is -1.93. The zero-order chi connectivity index (χ0) is 8.43. The van der Waals surface area contributed by atoms with Crippen molar-refractivity contribution in [1.29, 1.82) is 0 Å². The summed E-state index contributed by atoms with van der Waals surface area (Å²) in [5, 5.41) is 4.33. The molecule has 2 nitrogen and oxygen atoms in total. The zero-order valence-corrected chi connectivity index (χ0v) is 8.33. The molecular formula is C8H14N2S. The fourth-order valence-electron chi connectivity index (χ4n) is 1.17. The van der Waals surface area contributed by atoms with Gasteiger partial charge in [-0.1, -0.05) is 0 Å². The summed E-state index contributed by atoms with van der Waals surface area (Å²) in [5.74, 6) is 1.07.